The van der Waals surface area contributed by atoms with Gasteiger partial charge in [-0.15, -0.1) is 5.10 Å². The highest BCUT2D eigenvalue weighted by atomic mass is 35.5. The fraction of sp³-hybridized carbons (Fsp3) is 0.467. The van der Waals surface area contributed by atoms with E-state index in [-0.39, 0.29) is 11.1 Å². The highest BCUT2D eigenvalue weighted by Crippen LogP contribution is 2.29. The number of nitrogens with zero attached hydrogens (tertiary/aromatic N) is 3. The van der Waals surface area contributed by atoms with E-state index < -0.39 is 5.82 Å². The summed E-state index contributed by atoms with van der Waals surface area (Å²) < 4.78 is 15.6. The third-order valence-corrected chi connectivity index (χ3v) is 3.67. The number of hydrogen-bond donors (Lipinski definition) is 1. The highest BCUT2D eigenvalue weighted by molar-refractivity contribution is 6.31. The molecule has 4 nitrogen and oxygen atoms in total. The molecule has 0 aliphatic heterocycles. The van der Waals surface area contributed by atoms with Crippen LogP contribution in [0.3, 0.4) is 0 Å². The molecule has 2 rings (SSSR count). The highest BCUT2D eigenvalue weighted by Gasteiger charge is 2.22. The maximum Gasteiger partial charge on any atom is 0.142 e. The van der Waals surface area contributed by atoms with Crippen molar-refractivity contribution in [2.45, 2.75) is 39.3 Å². The zero-order valence-electron chi connectivity index (χ0n) is 12.3. The van der Waals surface area contributed by atoms with E-state index >= 15 is 0 Å². The van der Waals surface area contributed by atoms with Crippen molar-refractivity contribution < 1.29 is 4.39 Å². The molecule has 1 N–H and O–H groups in total. The Bertz CT molecular complexity index is 585. The average Bonchev–Trinajstić information content (AvgIpc) is 2.92. The molecule has 21 heavy (non-hydrogen) atoms. The lowest BCUT2D eigenvalue weighted by atomic mass is 10.0. The van der Waals surface area contributed by atoms with Crippen LogP contribution < -0.4 is 5.32 Å². The number of hydrogen-bond acceptors (Lipinski definition) is 3. The number of halogens is 2. The Morgan fingerprint density at radius 2 is 2.14 bits per heavy atom. The number of rotatable bonds is 7. The maximum atomic E-state index is 13.8. The quantitative estimate of drug-likeness (QED) is 0.850. The third kappa shape index (κ3) is 3.60. The minimum absolute atomic E-state index is 0.148. The van der Waals surface area contributed by atoms with E-state index in [1.54, 1.807) is 12.3 Å². The normalized spacial score (nSPS) is 12.6. The summed E-state index contributed by atoms with van der Waals surface area (Å²) in [5.41, 5.74) is 1.61. The van der Waals surface area contributed by atoms with Gasteiger partial charge in [-0.3, -0.25) is 0 Å². The van der Waals surface area contributed by atoms with Crippen molar-refractivity contribution in [1.82, 2.24) is 20.3 Å². The summed E-state index contributed by atoms with van der Waals surface area (Å²) in [4.78, 5) is 0. The Balaban J connectivity index is 2.42. The van der Waals surface area contributed by atoms with Crippen LogP contribution in [0.1, 0.15) is 44.0 Å². The van der Waals surface area contributed by atoms with Crippen LogP contribution in [0.5, 0.6) is 0 Å². The summed E-state index contributed by atoms with van der Waals surface area (Å²) in [6.07, 6.45) is 3.64. The van der Waals surface area contributed by atoms with Crippen LogP contribution in [0.25, 0.3) is 0 Å². The molecule has 0 aliphatic carbocycles. The van der Waals surface area contributed by atoms with E-state index in [0.29, 0.717) is 5.56 Å². The van der Waals surface area contributed by atoms with Crippen molar-refractivity contribution in [2.75, 3.05) is 6.54 Å². The summed E-state index contributed by atoms with van der Waals surface area (Å²) in [7, 11) is 0. The molecule has 0 spiro atoms. The van der Waals surface area contributed by atoms with Crippen LogP contribution in [0.4, 0.5) is 4.39 Å². The second kappa shape index (κ2) is 7.52. The lowest BCUT2D eigenvalue weighted by Gasteiger charge is -2.21. The van der Waals surface area contributed by atoms with Crippen LogP contribution in [0.2, 0.25) is 5.02 Å². The van der Waals surface area contributed by atoms with Gasteiger partial charge >= 0.3 is 0 Å². The monoisotopic (exact) mass is 310 g/mol. The van der Waals surface area contributed by atoms with Crippen LogP contribution in [0, 0.1) is 5.82 Å². The molecule has 0 saturated carbocycles. The minimum atomic E-state index is -0.410. The molecule has 0 amide bonds. The topological polar surface area (TPSA) is 42.7 Å². The van der Waals surface area contributed by atoms with Gasteiger partial charge in [-0.05, 0) is 31.0 Å². The van der Waals surface area contributed by atoms with Crippen molar-refractivity contribution >= 4 is 11.6 Å². The summed E-state index contributed by atoms with van der Waals surface area (Å²) >= 11 is 6.15. The van der Waals surface area contributed by atoms with E-state index in [0.717, 1.165) is 31.6 Å². The zero-order chi connectivity index (χ0) is 15.2. The van der Waals surface area contributed by atoms with Gasteiger partial charge in [0.15, 0.2) is 0 Å². The number of aromatic nitrogens is 3. The van der Waals surface area contributed by atoms with Gasteiger partial charge in [0.2, 0.25) is 0 Å². The molecule has 1 heterocycles. The summed E-state index contributed by atoms with van der Waals surface area (Å²) in [6, 6.07) is 4.66. The molecule has 6 heteroatoms. The molecule has 1 atom stereocenters. The van der Waals surface area contributed by atoms with Crippen molar-refractivity contribution in [3.63, 3.8) is 0 Å². The lowest BCUT2D eigenvalue weighted by molar-refractivity contribution is 0.502. The van der Waals surface area contributed by atoms with E-state index in [9.17, 15) is 4.39 Å². The molecule has 1 aromatic carbocycles. The molecule has 1 unspecified atom stereocenters. The summed E-state index contributed by atoms with van der Waals surface area (Å²) in [5, 5.41) is 11.6. The third-order valence-electron chi connectivity index (χ3n) is 3.27. The average molecular weight is 311 g/mol. The molecule has 0 saturated heterocycles. The first-order valence-corrected chi connectivity index (χ1v) is 7.62. The molecule has 2 aromatic rings. The van der Waals surface area contributed by atoms with Gasteiger partial charge in [0, 0.05) is 6.54 Å². The van der Waals surface area contributed by atoms with E-state index in [1.165, 1.54) is 6.07 Å². The van der Waals surface area contributed by atoms with Gasteiger partial charge < -0.3 is 5.32 Å². The first kappa shape index (κ1) is 15.9. The van der Waals surface area contributed by atoms with Crippen molar-refractivity contribution in [3.05, 3.63) is 46.5 Å². The molecule has 0 radical (unpaired) electrons. The molecule has 0 aliphatic rings. The predicted molar refractivity (Wildman–Crippen MR) is 81.9 cm³/mol. The van der Waals surface area contributed by atoms with E-state index in [2.05, 4.69) is 29.5 Å². The molecule has 114 valence electrons. The molecule has 0 fully saturated rings. The maximum absolute atomic E-state index is 13.8. The number of aryl methyl sites for hydroxylation is 1. The standard InChI is InChI=1S/C15H20ClFN4/c1-3-8-18-15(11-6-5-7-12(17)14(11)16)13-10-19-20-21(13)9-4-2/h5-7,10,15,18H,3-4,8-9H2,1-2H3. The summed E-state index contributed by atoms with van der Waals surface area (Å²) in [5.74, 6) is -0.410. The van der Waals surface area contributed by atoms with Crippen LogP contribution in [-0.4, -0.2) is 21.5 Å². The molecular formula is C15H20ClFN4. The van der Waals surface area contributed by atoms with Gasteiger partial charge in [-0.1, -0.05) is 42.8 Å². The van der Waals surface area contributed by atoms with Gasteiger partial charge in [0.25, 0.3) is 0 Å². The first-order chi connectivity index (χ1) is 10.2. The van der Waals surface area contributed by atoms with Gasteiger partial charge in [0.1, 0.15) is 5.82 Å². The fourth-order valence-electron chi connectivity index (χ4n) is 2.28. The van der Waals surface area contributed by atoms with Gasteiger partial charge in [-0.25, -0.2) is 9.07 Å². The van der Waals surface area contributed by atoms with Crippen LogP contribution in [-0.2, 0) is 6.54 Å². The van der Waals surface area contributed by atoms with Crippen LogP contribution >= 0.6 is 11.6 Å². The first-order valence-electron chi connectivity index (χ1n) is 7.24. The number of nitrogens with one attached hydrogen (secondary N) is 1. The largest absolute Gasteiger partial charge is 0.305 e. The Hall–Kier alpha value is -1.46. The summed E-state index contributed by atoms with van der Waals surface area (Å²) in [6.45, 7) is 5.73. The Morgan fingerprint density at radius 1 is 1.33 bits per heavy atom. The SMILES string of the molecule is CCCNC(c1cccc(F)c1Cl)c1cnnn1CCC. The molecule has 1 aromatic heterocycles. The van der Waals surface area contributed by atoms with Crippen molar-refractivity contribution in [2.24, 2.45) is 0 Å². The fourth-order valence-corrected chi connectivity index (χ4v) is 2.52. The van der Waals surface area contributed by atoms with Crippen LogP contribution in [0.15, 0.2) is 24.4 Å². The second-order valence-corrected chi connectivity index (χ2v) is 5.29. The van der Waals surface area contributed by atoms with Gasteiger partial charge in [-0.2, -0.15) is 0 Å². The van der Waals surface area contributed by atoms with Crippen molar-refractivity contribution in [3.8, 4) is 0 Å². The number of benzene rings is 1. The molecule has 0 bridgehead atoms. The van der Waals surface area contributed by atoms with E-state index in [4.69, 9.17) is 11.6 Å². The Morgan fingerprint density at radius 3 is 2.86 bits per heavy atom. The van der Waals surface area contributed by atoms with E-state index in [1.807, 2.05) is 10.7 Å². The van der Waals surface area contributed by atoms with Crippen molar-refractivity contribution in [1.29, 1.82) is 0 Å². The predicted octanol–water partition coefficient (Wildman–Crippen LogP) is 3.57. The zero-order valence-corrected chi connectivity index (χ0v) is 13.1. The lowest BCUT2D eigenvalue weighted by Crippen LogP contribution is -2.26. The smallest absolute Gasteiger partial charge is 0.142 e. The second-order valence-electron chi connectivity index (χ2n) is 4.91. The Kier molecular flexibility index (Phi) is 5.70. The minimum Gasteiger partial charge on any atom is -0.305 e. The molecular weight excluding hydrogens is 291 g/mol. The Labute approximate surface area is 129 Å². The van der Waals surface area contributed by atoms with Gasteiger partial charge in [0.05, 0.1) is 23.0 Å².